The van der Waals surface area contributed by atoms with Gasteiger partial charge in [-0.1, -0.05) is 38.1 Å². The van der Waals surface area contributed by atoms with Gasteiger partial charge in [-0.15, -0.1) is 23.2 Å². The van der Waals surface area contributed by atoms with Gasteiger partial charge >= 0.3 is 0 Å². The van der Waals surface area contributed by atoms with Gasteiger partial charge in [0.05, 0.1) is 0 Å². The molecule has 0 aliphatic rings. The number of hydrogen-bond donors (Lipinski definition) is 0. The van der Waals surface area contributed by atoms with Crippen LogP contribution in [0.2, 0.25) is 0 Å². The fraction of sp³-hybridized carbons (Fsp3) is 0.538. The van der Waals surface area contributed by atoms with Crippen molar-refractivity contribution < 1.29 is 0 Å². The highest BCUT2D eigenvalue weighted by Gasteiger charge is 2.07. The monoisotopic (exact) mass is 244 g/mol. The van der Waals surface area contributed by atoms with E-state index in [0.29, 0.717) is 23.6 Å². The van der Waals surface area contributed by atoms with Crippen molar-refractivity contribution in [2.75, 3.05) is 11.8 Å². The number of hydrogen-bond acceptors (Lipinski definition) is 0. The van der Waals surface area contributed by atoms with Crippen LogP contribution in [0.5, 0.6) is 0 Å². The molecule has 0 aromatic heterocycles. The topological polar surface area (TPSA) is 0 Å². The van der Waals surface area contributed by atoms with Crippen LogP contribution in [0.3, 0.4) is 0 Å². The van der Waals surface area contributed by atoms with Gasteiger partial charge in [0.1, 0.15) is 0 Å². The fourth-order valence-corrected chi connectivity index (χ4v) is 2.07. The summed E-state index contributed by atoms with van der Waals surface area (Å²) in [5, 5.41) is 0. The molecule has 84 valence electrons. The normalized spacial score (nSPS) is 11.3. The summed E-state index contributed by atoms with van der Waals surface area (Å²) in [6, 6.07) is 8.75. The van der Waals surface area contributed by atoms with E-state index in [1.165, 1.54) is 11.1 Å². The lowest BCUT2D eigenvalue weighted by atomic mass is 9.98. The average molecular weight is 245 g/mol. The number of rotatable bonds is 5. The van der Waals surface area contributed by atoms with Gasteiger partial charge in [0.2, 0.25) is 0 Å². The van der Waals surface area contributed by atoms with Crippen LogP contribution in [0.1, 0.15) is 30.9 Å². The second-order valence-electron chi connectivity index (χ2n) is 4.28. The van der Waals surface area contributed by atoms with Crippen molar-refractivity contribution >= 4 is 23.2 Å². The summed E-state index contributed by atoms with van der Waals surface area (Å²) in [5.74, 6) is 2.25. The van der Waals surface area contributed by atoms with Gasteiger partial charge in [-0.05, 0) is 29.4 Å². The Kier molecular flexibility index (Phi) is 5.49. The van der Waals surface area contributed by atoms with E-state index in [1.54, 1.807) is 0 Å². The van der Waals surface area contributed by atoms with E-state index in [9.17, 15) is 0 Å². The third-order valence-corrected chi connectivity index (χ3v) is 3.48. The number of benzene rings is 1. The van der Waals surface area contributed by atoms with Crippen LogP contribution >= 0.6 is 23.2 Å². The van der Waals surface area contributed by atoms with Gasteiger partial charge in [-0.2, -0.15) is 0 Å². The predicted octanol–water partition coefficient (Wildman–Crippen LogP) is 4.45. The molecule has 0 saturated carbocycles. The molecule has 0 fully saturated rings. The summed E-state index contributed by atoms with van der Waals surface area (Å²) >= 11 is 11.6. The Morgan fingerprint density at radius 3 is 1.93 bits per heavy atom. The first kappa shape index (κ1) is 12.9. The molecule has 0 saturated heterocycles. The van der Waals surface area contributed by atoms with Crippen molar-refractivity contribution in [1.29, 1.82) is 0 Å². The molecule has 1 rings (SSSR count). The maximum absolute atomic E-state index is 5.81. The Labute approximate surface area is 103 Å². The van der Waals surface area contributed by atoms with Crippen LogP contribution in [0.25, 0.3) is 0 Å². The molecule has 15 heavy (non-hydrogen) atoms. The average Bonchev–Trinajstić information content (AvgIpc) is 2.26. The SMILES string of the molecule is CC(C)c1ccc(CC(CCl)CCl)cc1. The van der Waals surface area contributed by atoms with Crippen molar-refractivity contribution in [2.45, 2.75) is 26.2 Å². The zero-order valence-electron chi connectivity index (χ0n) is 9.34. The summed E-state index contributed by atoms with van der Waals surface area (Å²) in [6.45, 7) is 4.41. The summed E-state index contributed by atoms with van der Waals surface area (Å²) in [5.41, 5.74) is 2.71. The molecule has 0 nitrogen and oxygen atoms in total. The Morgan fingerprint density at radius 2 is 1.53 bits per heavy atom. The van der Waals surface area contributed by atoms with Crippen LogP contribution < -0.4 is 0 Å². The lowest BCUT2D eigenvalue weighted by Crippen LogP contribution is -2.07. The summed E-state index contributed by atoms with van der Waals surface area (Å²) in [7, 11) is 0. The molecule has 1 aromatic carbocycles. The molecule has 0 aliphatic carbocycles. The van der Waals surface area contributed by atoms with Crippen LogP contribution in [-0.4, -0.2) is 11.8 Å². The molecule has 2 heteroatoms. The predicted molar refractivity (Wildman–Crippen MR) is 69.2 cm³/mol. The van der Waals surface area contributed by atoms with Gasteiger partial charge in [-0.25, -0.2) is 0 Å². The van der Waals surface area contributed by atoms with Crippen molar-refractivity contribution in [3.63, 3.8) is 0 Å². The minimum atomic E-state index is 0.387. The molecule has 0 aliphatic heterocycles. The highest BCUT2D eigenvalue weighted by Crippen LogP contribution is 2.17. The van der Waals surface area contributed by atoms with E-state index < -0.39 is 0 Å². The Balaban J connectivity index is 2.63. The van der Waals surface area contributed by atoms with E-state index in [2.05, 4.69) is 38.1 Å². The zero-order valence-corrected chi connectivity index (χ0v) is 10.9. The van der Waals surface area contributed by atoms with Crippen molar-refractivity contribution in [1.82, 2.24) is 0 Å². The molecule has 0 radical (unpaired) electrons. The lowest BCUT2D eigenvalue weighted by molar-refractivity contribution is 0.661. The number of halogens is 2. The zero-order chi connectivity index (χ0) is 11.3. The maximum Gasteiger partial charge on any atom is 0.0266 e. The molecule has 0 bridgehead atoms. The van der Waals surface area contributed by atoms with Crippen LogP contribution in [0, 0.1) is 5.92 Å². The molecule has 0 heterocycles. The van der Waals surface area contributed by atoms with Crippen molar-refractivity contribution in [3.8, 4) is 0 Å². The highest BCUT2D eigenvalue weighted by molar-refractivity contribution is 6.20. The van der Waals surface area contributed by atoms with Crippen LogP contribution in [0.15, 0.2) is 24.3 Å². The molecular formula is C13H18Cl2. The second-order valence-corrected chi connectivity index (χ2v) is 4.89. The summed E-state index contributed by atoms with van der Waals surface area (Å²) < 4.78 is 0. The summed E-state index contributed by atoms with van der Waals surface area (Å²) in [6.07, 6.45) is 0.978. The van der Waals surface area contributed by atoms with E-state index >= 15 is 0 Å². The molecule has 0 amide bonds. The van der Waals surface area contributed by atoms with Gasteiger partial charge in [0.25, 0.3) is 0 Å². The summed E-state index contributed by atoms with van der Waals surface area (Å²) in [4.78, 5) is 0. The van der Waals surface area contributed by atoms with Gasteiger partial charge in [0.15, 0.2) is 0 Å². The van der Waals surface area contributed by atoms with E-state index in [0.717, 1.165) is 6.42 Å². The second kappa shape index (κ2) is 6.40. The third-order valence-electron chi connectivity index (χ3n) is 2.61. The third kappa shape index (κ3) is 4.04. The quantitative estimate of drug-likeness (QED) is 0.672. The number of alkyl halides is 2. The first-order valence-corrected chi connectivity index (χ1v) is 6.45. The first-order valence-electron chi connectivity index (χ1n) is 5.38. The standard InChI is InChI=1S/C13H18Cl2/c1-10(2)13-5-3-11(4-6-13)7-12(8-14)9-15/h3-6,10,12H,7-9H2,1-2H3. The van der Waals surface area contributed by atoms with E-state index in [4.69, 9.17) is 23.2 Å². The first-order chi connectivity index (χ1) is 7.17. The largest absolute Gasteiger partial charge is 0.126 e. The van der Waals surface area contributed by atoms with Crippen molar-refractivity contribution in [2.24, 2.45) is 5.92 Å². The molecule has 0 unspecified atom stereocenters. The Hall–Kier alpha value is -0.200. The molecule has 0 N–H and O–H groups in total. The van der Waals surface area contributed by atoms with Crippen LogP contribution in [0.4, 0.5) is 0 Å². The molecule has 0 atom stereocenters. The van der Waals surface area contributed by atoms with Crippen molar-refractivity contribution in [3.05, 3.63) is 35.4 Å². The van der Waals surface area contributed by atoms with E-state index in [1.807, 2.05) is 0 Å². The van der Waals surface area contributed by atoms with Gasteiger partial charge < -0.3 is 0 Å². The lowest BCUT2D eigenvalue weighted by Gasteiger charge is -2.11. The fourth-order valence-electron chi connectivity index (χ4n) is 1.52. The molecular weight excluding hydrogens is 227 g/mol. The Bertz CT molecular complexity index is 273. The minimum absolute atomic E-state index is 0.387. The highest BCUT2D eigenvalue weighted by atomic mass is 35.5. The molecule has 1 aromatic rings. The smallest absolute Gasteiger partial charge is 0.0266 e. The maximum atomic E-state index is 5.81. The van der Waals surface area contributed by atoms with Gasteiger partial charge in [-0.3, -0.25) is 0 Å². The van der Waals surface area contributed by atoms with Gasteiger partial charge in [0, 0.05) is 11.8 Å². The van der Waals surface area contributed by atoms with E-state index in [-0.39, 0.29) is 0 Å². The molecule has 0 spiro atoms. The minimum Gasteiger partial charge on any atom is -0.126 e. The Morgan fingerprint density at radius 1 is 1.00 bits per heavy atom. The van der Waals surface area contributed by atoms with Crippen LogP contribution in [-0.2, 0) is 6.42 Å².